The molecule has 1 aromatic heterocycles. The van der Waals surface area contributed by atoms with Crippen molar-refractivity contribution in [2.45, 2.75) is 39.3 Å². The van der Waals surface area contributed by atoms with Crippen molar-refractivity contribution in [3.05, 3.63) is 15.6 Å². The summed E-state index contributed by atoms with van der Waals surface area (Å²) in [5.74, 6) is 0. The highest BCUT2D eigenvalue weighted by Gasteiger charge is 2.39. The van der Waals surface area contributed by atoms with Gasteiger partial charge in [0.1, 0.15) is 5.01 Å². The summed E-state index contributed by atoms with van der Waals surface area (Å²) in [5.41, 5.74) is 0.711. The van der Waals surface area contributed by atoms with E-state index in [1.54, 1.807) is 11.3 Å². The van der Waals surface area contributed by atoms with E-state index in [1.165, 1.54) is 9.88 Å². The molecule has 0 unspecified atom stereocenters. The van der Waals surface area contributed by atoms with Gasteiger partial charge in [0, 0.05) is 18.0 Å². The average Bonchev–Trinajstić information content (AvgIpc) is 2.43. The minimum absolute atomic E-state index is 0.429. The molecule has 15 heavy (non-hydrogen) atoms. The van der Waals surface area contributed by atoms with Gasteiger partial charge in [0.2, 0.25) is 0 Å². The summed E-state index contributed by atoms with van der Waals surface area (Å²) in [7, 11) is 0. The van der Waals surface area contributed by atoms with Crippen molar-refractivity contribution in [2.75, 3.05) is 13.1 Å². The summed E-state index contributed by atoms with van der Waals surface area (Å²) in [6.07, 6.45) is 0.847. The summed E-state index contributed by atoms with van der Waals surface area (Å²) >= 11 is 1.77. The first-order valence-electron chi connectivity index (χ1n) is 5.40. The predicted molar refractivity (Wildman–Crippen MR) is 62.1 cm³/mol. The molecule has 2 heterocycles. The van der Waals surface area contributed by atoms with Crippen LogP contribution < -0.4 is 0 Å². The van der Waals surface area contributed by atoms with Crippen LogP contribution in [0.2, 0.25) is 0 Å². The quantitative estimate of drug-likeness (QED) is 0.852. The number of nitrogens with zero attached hydrogens (tertiary/aromatic N) is 2. The van der Waals surface area contributed by atoms with E-state index in [4.69, 9.17) is 0 Å². The molecule has 1 aliphatic rings. The second-order valence-corrected chi connectivity index (χ2v) is 5.76. The van der Waals surface area contributed by atoms with Crippen molar-refractivity contribution >= 4 is 11.3 Å². The standard InChI is InChI=1S/C11H18N2OS/c1-4-11(14)6-13(7-11)5-10-12-8(2)9(3)15-10/h14H,4-7H2,1-3H3. The monoisotopic (exact) mass is 226 g/mol. The van der Waals surface area contributed by atoms with E-state index in [0.29, 0.717) is 0 Å². The number of β-amino-alcohol motifs (C(OH)–C–C–N with tert-alkyl or cyclic N) is 1. The van der Waals surface area contributed by atoms with Crippen LogP contribution in [0.4, 0.5) is 0 Å². The van der Waals surface area contributed by atoms with E-state index in [2.05, 4.69) is 16.8 Å². The van der Waals surface area contributed by atoms with Gasteiger partial charge in [-0.2, -0.15) is 0 Å². The van der Waals surface area contributed by atoms with Gasteiger partial charge in [0.05, 0.1) is 17.8 Å². The Morgan fingerprint density at radius 1 is 1.47 bits per heavy atom. The van der Waals surface area contributed by atoms with Gasteiger partial charge in [-0.1, -0.05) is 6.92 Å². The van der Waals surface area contributed by atoms with E-state index in [0.717, 1.165) is 31.7 Å². The van der Waals surface area contributed by atoms with Crippen molar-refractivity contribution in [2.24, 2.45) is 0 Å². The minimum Gasteiger partial charge on any atom is -0.387 e. The van der Waals surface area contributed by atoms with Gasteiger partial charge in [-0.15, -0.1) is 11.3 Å². The third-order valence-corrected chi connectivity index (χ3v) is 4.18. The Morgan fingerprint density at radius 3 is 2.60 bits per heavy atom. The summed E-state index contributed by atoms with van der Waals surface area (Å²) in [6.45, 7) is 8.67. The number of aromatic nitrogens is 1. The van der Waals surface area contributed by atoms with Crippen LogP contribution in [0.5, 0.6) is 0 Å². The maximum atomic E-state index is 9.87. The maximum absolute atomic E-state index is 9.87. The second kappa shape index (κ2) is 3.85. The molecule has 1 N–H and O–H groups in total. The first-order valence-corrected chi connectivity index (χ1v) is 6.22. The number of rotatable bonds is 3. The molecule has 1 aliphatic heterocycles. The molecule has 0 amide bonds. The van der Waals surface area contributed by atoms with Crippen molar-refractivity contribution in [1.82, 2.24) is 9.88 Å². The highest BCUT2D eigenvalue weighted by molar-refractivity contribution is 7.11. The molecule has 0 aliphatic carbocycles. The molecule has 2 rings (SSSR count). The Bertz CT molecular complexity index is 336. The van der Waals surface area contributed by atoms with Crippen LogP contribution in [0.15, 0.2) is 0 Å². The maximum Gasteiger partial charge on any atom is 0.107 e. The van der Waals surface area contributed by atoms with Crippen molar-refractivity contribution in [3.8, 4) is 0 Å². The van der Waals surface area contributed by atoms with Crippen LogP contribution in [0.25, 0.3) is 0 Å². The molecule has 1 fully saturated rings. The molecule has 3 nitrogen and oxygen atoms in total. The number of likely N-dealkylation sites (tertiary alicyclic amines) is 1. The van der Waals surface area contributed by atoms with Crippen molar-refractivity contribution < 1.29 is 5.11 Å². The third kappa shape index (κ3) is 2.22. The lowest BCUT2D eigenvalue weighted by Crippen LogP contribution is -2.60. The summed E-state index contributed by atoms with van der Waals surface area (Å²) in [4.78, 5) is 8.05. The fourth-order valence-electron chi connectivity index (χ4n) is 1.92. The predicted octanol–water partition coefficient (Wildman–Crippen LogP) is 1.72. The topological polar surface area (TPSA) is 36.4 Å². The molecule has 84 valence electrons. The zero-order chi connectivity index (χ0) is 11.1. The highest BCUT2D eigenvalue weighted by Crippen LogP contribution is 2.27. The number of thiazole rings is 1. The van der Waals surface area contributed by atoms with Gasteiger partial charge in [0.25, 0.3) is 0 Å². The first kappa shape index (κ1) is 11.0. The molecule has 0 spiro atoms. The lowest BCUT2D eigenvalue weighted by molar-refractivity contribution is -0.103. The Morgan fingerprint density at radius 2 is 2.13 bits per heavy atom. The van der Waals surface area contributed by atoms with E-state index in [9.17, 15) is 5.11 Å². The van der Waals surface area contributed by atoms with Gasteiger partial charge in [-0.05, 0) is 20.3 Å². The minimum atomic E-state index is -0.429. The van der Waals surface area contributed by atoms with Crippen LogP contribution in [0.1, 0.15) is 28.9 Å². The van der Waals surface area contributed by atoms with Crippen molar-refractivity contribution in [1.29, 1.82) is 0 Å². The average molecular weight is 226 g/mol. The van der Waals surface area contributed by atoms with Crippen LogP contribution in [-0.4, -0.2) is 33.7 Å². The summed E-state index contributed by atoms with van der Waals surface area (Å²) in [5, 5.41) is 11.0. The fourth-order valence-corrected chi connectivity index (χ4v) is 2.90. The van der Waals surface area contributed by atoms with Gasteiger partial charge in [0.15, 0.2) is 0 Å². The number of aryl methyl sites for hydroxylation is 2. The Kier molecular flexibility index (Phi) is 2.83. The smallest absolute Gasteiger partial charge is 0.107 e. The number of aliphatic hydroxyl groups is 1. The SMILES string of the molecule is CCC1(O)CN(Cc2nc(C)c(C)s2)C1. The normalized spacial score (nSPS) is 20.3. The van der Waals surface area contributed by atoms with E-state index in [1.807, 2.05) is 13.8 Å². The number of hydrogen-bond acceptors (Lipinski definition) is 4. The Hall–Kier alpha value is -0.450. The molecule has 1 saturated heterocycles. The molecule has 0 aromatic carbocycles. The third-order valence-electron chi connectivity index (χ3n) is 3.13. The van der Waals surface area contributed by atoms with E-state index >= 15 is 0 Å². The largest absolute Gasteiger partial charge is 0.387 e. The van der Waals surface area contributed by atoms with Gasteiger partial charge >= 0.3 is 0 Å². The molecule has 1 aromatic rings. The molecule has 0 saturated carbocycles. The lowest BCUT2D eigenvalue weighted by Gasteiger charge is -2.45. The molecule has 0 bridgehead atoms. The lowest BCUT2D eigenvalue weighted by atomic mass is 9.91. The first-order chi connectivity index (χ1) is 7.02. The summed E-state index contributed by atoms with van der Waals surface area (Å²) < 4.78 is 0. The molecule has 4 heteroatoms. The van der Waals surface area contributed by atoms with E-state index < -0.39 is 5.60 Å². The zero-order valence-corrected chi connectivity index (χ0v) is 10.4. The van der Waals surface area contributed by atoms with Crippen LogP contribution >= 0.6 is 11.3 Å². The van der Waals surface area contributed by atoms with Gasteiger partial charge < -0.3 is 5.11 Å². The molecule has 0 radical (unpaired) electrons. The van der Waals surface area contributed by atoms with Crippen molar-refractivity contribution in [3.63, 3.8) is 0 Å². The molecular weight excluding hydrogens is 208 g/mol. The zero-order valence-electron chi connectivity index (χ0n) is 9.58. The summed E-state index contributed by atoms with van der Waals surface area (Å²) in [6, 6.07) is 0. The second-order valence-electron chi connectivity index (χ2n) is 4.47. The van der Waals surface area contributed by atoms with Gasteiger partial charge in [-0.3, -0.25) is 4.90 Å². The Balaban J connectivity index is 1.90. The van der Waals surface area contributed by atoms with Crippen LogP contribution in [-0.2, 0) is 6.54 Å². The molecule has 0 atom stereocenters. The fraction of sp³-hybridized carbons (Fsp3) is 0.727. The van der Waals surface area contributed by atoms with Crippen LogP contribution in [0.3, 0.4) is 0 Å². The number of hydrogen-bond donors (Lipinski definition) is 1. The molecular formula is C11H18N2OS. The Labute approximate surface area is 94.8 Å². The highest BCUT2D eigenvalue weighted by atomic mass is 32.1. The van der Waals surface area contributed by atoms with Gasteiger partial charge in [-0.25, -0.2) is 4.98 Å². The van der Waals surface area contributed by atoms with Crippen LogP contribution in [0, 0.1) is 13.8 Å². The van der Waals surface area contributed by atoms with E-state index in [-0.39, 0.29) is 0 Å².